The number of para-hydroxylation sites is 1. The average molecular weight is 446 g/mol. The molecule has 1 aliphatic heterocycles. The number of anilines is 1. The number of nitrogens with one attached hydrogen (secondary N) is 1. The van der Waals surface area contributed by atoms with E-state index in [0.29, 0.717) is 19.1 Å². The summed E-state index contributed by atoms with van der Waals surface area (Å²) in [6, 6.07) is 7.99. The Bertz CT molecular complexity index is 528. The molecule has 0 spiro atoms. The number of halogens is 1. The average Bonchev–Trinajstić information content (AvgIpc) is 2.56. The maximum atomic E-state index is 6.09. The third-order valence-electron chi connectivity index (χ3n) is 4.43. The van der Waals surface area contributed by atoms with Gasteiger partial charge in [-0.2, -0.15) is 0 Å². The van der Waals surface area contributed by atoms with Crippen LogP contribution < -0.4 is 11.1 Å². The van der Waals surface area contributed by atoms with Gasteiger partial charge in [0, 0.05) is 23.9 Å². The van der Waals surface area contributed by atoms with E-state index in [0.717, 1.165) is 24.3 Å². The zero-order valence-corrected chi connectivity index (χ0v) is 17.4. The lowest BCUT2D eigenvalue weighted by Crippen LogP contribution is -2.49. The summed E-state index contributed by atoms with van der Waals surface area (Å²) in [5.74, 6) is 0.457. The molecule has 1 heterocycles. The van der Waals surface area contributed by atoms with Gasteiger partial charge in [0.05, 0.1) is 13.2 Å². The number of benzene rings is 1. The lowest BCUT2D eigenvalue weighted by molar-refractivity contribution is 0.102. The molecule has 0 aliphatic carbocycles. The number of guanidine groups is 1. The first-order valence-electron chi connectivity index (χ1n) is 8.42. The van der Waals surface area contributed by atoms with Gasteiger partial charge in [-0.3, -0.25) is 9.89 Å². The smallest absolute Gasteiger partial charge is 0.193 e. The molecule has 6 heteroatoms. The Balaban J connectivity index is 0.00000288. The second-order valence-electron chi connectivity index (χ2n) is 6.78. The fraction of sp³-hybridized carbons (Fsp3) is 0.611. The van der Waals surface area contributed by atoms with Gasteiger partial charge >= 0.3 is 0 Å². The molecule has 1 aromatic rings. The molecular formula is C18H31IN4O. The monoisotopic (exact) mass is 446 g/mol. The van der Waals surface area contributed by atoms with Crippen LogP contribution in [-0.2, 0) is 11.3 Å². The van der Waals surface area contributed by atoms with Crippen molar-refractivity contribution in [2.24, 2.45) is 10.7 Å². The van der Waals surface area contributed by atoms with E-state index in [1.54, 1.807) is 7.11 Å². The molecule has 0 atom stereocenters. The van der Waals surface area contributed by atoms with Crippen LogP contribution in [0.5, 0.6) is 0 Å². The van der Waals surface area contributed by atoms with Crippen molar-refractivity contribution in [3.05, 3.63) is 29.8 Å². The van der Waals surface area contributed by atoms with Crippen LogP contribution in [0, 0.1) is 0 Å². The number of rotatable bonds is 6. The Labute approximate surface area is 163 Å². The summed E-state index contributed by atoms with van der Waals surface area (Å²) in [4.78, 5) is 7.09. The SMILES string of the molecule is COCc1ccccc1NC(N)=NCC(C)(C)N1CCCCC1.I. The van der Waals surface area contributed by atoms with Gasteiger partial charge in [-0.1, -0.05) is 24.6 Å². The van der Waals surface area contributed by atoms with Crippen molar-refractivity contribution in [1.82, 2.24) is 4.90 Å². The van der Waals surface area contributed by atoms with Crippen LogP contribution >= 0.6 is 24.0 Å². The van der Waals surface area contributed by atoms with Gasteiger partial charge in [0.15, 0.2) is 5.96 Å². The number of nitrogens with two attached hydrogens (primary N) is 1. The number of ether oxygens (including phenoxy) is 1. The first kappa shape index (κ1) is 21.2. The van der Waals surface area contributed by atoms with Gasteiger partial charge in [-0.05, 0) is 45.8 Å². The fourth-order valence-corrected chi connectivity index (χ4v) is 2.98. The summed E-state index contributed by atoms with van der Waals surface area (Å²) in [5.41, 5.74) is 8.15. The topological polar surface area (TPSA) is 62.9 Å². The van der Waals surface area contributed by atoms with Crippen molar-refractivity contribution >= 4 is 35.6 Å². The van der Waals surface area contributed by atoms with E-state index in [9.17, 15) is 0 Å². The molecule has 0 radical (unpaired) electrons. The van der Waals surface area contributed by atoms with Crippen LogP contribution in [0.25, 0.3) is 0 Å². The number of methoxy groups -OCH3 is 1. The van der Waals surface area contributed by atoms with Gasteiger partial charge in [0.1, 0.15) is 0 Å². The van der Waals surface area contributed by atoms with Gasteiger partial charge in [-0.15, -0.1) is 24.0 Å². The van der Waals surface area contributed by atoms with Gasteiger partial charge in [0.25, 0.3) is 0 Å². The van der Waals surface area contributed by atoms with E-state index < -0.39 is 0 Å². The fourth-order valence-electron chi connectivity index (χ4n) is 2.98. The maximum Gasteiger partial charge on any atom is 0.193 e. The molecule has 0 aromatic heterocycles. The summed E-state index contributed by atoms with van der Waals surface area (Å²) in [6.07, 6.45) is 3.91. The molecule has 0 unspecified atom stereocenters. The minimum atomic E-state index is 0. The zero-order chi connectivity index (χ0) is 16.7. The highest BCUT2D eigenvalue weighted by molar-refractivity contribution is 14.0. The summed E-state index contributed by atoms with van der Waals surface area (Å²) in [6.45, 7) is 8.05. The number of nitrogens with zero attached hydrogens (tertiary/aromatic N) is 2. The molecule has 3 N–H and O–H groups in total. The quantitative estimate of drug-likeness (QED) is 0.399. The third kappa shape index (κ3) is 6.22. The summed E-state index contributed by atoms with van der Waals surface area (Å²) in [5, 5.41) is 3.20. The lowest BCUT2D eigenvalue weighted by atomic mass is 9.99. The number of aliphatic imine (C=N–C) groups is 1. The van der Waals surface area contributed by atoms with Crippen molar-refractivity contribution in [2.45, 2.75) is 45.3 Å². The molecule has 24 heavy (non-hydrogen) atoms. The Morgan fingerprint density at radius 1 is 1.25 bits per heavy atom. The maximum absolute atomic E-state index is 6.09. The highest BCUT2D eigenvalue weighted by Gasteiger charge is 2.27. The number of hydrogen-bond acceptors (Lipinski definition) is 3. The molecule has 0 saturated carbocycles. The van der Waals surface area contributed by atoms with Crippen LogP contribution in [0.2, 0.25) is 0 Å². The van der Waals surface area contributed by atoms with E-state index in [-0.39, 0.29) is 29.5 Å². The third-order valence-corrected chi connectivity index (χ3v) is 4.43. The van der Waals surface area contributed by atoms with Crippen molar-refractivity contribution in [1.29, 1.82) is 0 Å². The van der Waals surface area contributed by atoms with Crippen LogP contribution in [-0.4, -0.2) is 43.1 Å². The van der Waals surface area contributed by atoms with E-state index in [1.165, 1.54) is 19.3 Å². The predicted molar refractivity (Wildman–Crippen MR) is 112 cm³/mol. The van der Waals surface area contributed by atoms with Crippen molar-refractivity contribution in [3.8, 4) is 0 Å². The van der Waals surface area contributed by atoms with Crippen LogP contribution in [0.15, 0.2) is 29.3 Å². The van der Waals surface area contributed by atoms with E-state index in [1.807, 2.05) is 24.3 Å². The molecule has 2 rings (SSSR count). The molecule has 1 fully saturated rings. The second-order valence-corrected chi connectivity index (χ2v) is 6.78. The highest BCUT2D eigenvalue weighted by atomic mass is 127. The van der Waals surface area contributed by atoms with Crippen LogP contribution in [0.3, 0.4) is 0 Å². The van der Waals surface area contributed by atoms with Crippen LogP contribution in [0.1, 0.15) is 38.7 Å². The normalized spacial score (nSPS) is 16.5. The first-order chi connectivity index (χ1) is 11.0. The Morgan fingerprint density at radius 2 is 1.92 bits per heavy atom. The molecule has 0 amide bonds. The summed E-state index contributed by atoms with van der Waals surface area (Å²) < 4.78 is 5.22. The minimum absolute atomic E-state index is 0. The molecule has 1 aromatic carbocycles. The van der Waals surface area contributed by atoms with Gasteiger partial charge in [-0.25, -0.2) is 0 Å². The van der Waals surface area contributed by atoms with E-state index >= 15 is 0 Å². The largest absolute Gasteiger partial charge is 0.380 e. The van der Waals surface area contributed by atoms with Gasteiger partial charge < -0.3 is 15.8 Å². The molecular weight excluding hydrogens is 415 g/mol. The molecule has 0 bridgehead atoms. The standard InChI is InChI=1S/C18H30N4O.HI/c1-18(2,22-11-7-4-8-12-22)14-20-17(19)21-16-10-6-5-9-15(16)13-23-3;/h5-6,9-10H,4,7-8,11-14H2,1-3H3,(H3,19,20,21);1H. The number of hydrogen-bond donors (Lipinski definition) is 2. The Hall–Kier alpha value is -0.860. The van der Waals surface area contributed by atoms with Crippen LogP contribution in [0.4, 0.5) is 5.69 Å². The molecule has 1 aliphatic rings. The number of piperidine rings is 1. The summed E-state index contributed by atoms with van der Waals surface area (Å²) in [7, 11) is 1.69. The lowest BCUT2D eigenvalue weighted by Gasteiger charge is -2.40. The molecule has 1 saturated heterocycles. The highest BCUT2D eigenvalue weighted by Crippen LogP contribution is 2.21. The van der Waals surface area contributed by atoms with Crippen molar-refractivity contribution < 1.29 is 4.74 Å². The predicted octanol–water partition coefficient (Wildman–Crippen LogP) is 3.44. The van der Waals surface area contributed by atoms with Crippen molar-refractivity contribution in [3.63, 3.8) is 0 Å². The van der Waals surface area contributed by atoms with E-state index in [2.05, 4.69) is 29.1 Å². The Kier molecular flexibility index (Phi) is 9.01. The molecule has 136 valence electrons. The Morgan fingerprint density at radius 3 is 2.58 bits per heavy atom. The zero-order valence-electron chi connectivity index (χ0n) is 15.0. The number of likely N-dealkylation sites (tertiary alicyclic amines) is 1. The summed E-state index contributed by atoms with van der Waals surface area (Å²) >= 11 is 0. The van der Waals surface area contributed by atoms with E-state index in [4.69, 9.17) is 10.5 Å². The minimum Gasteiger partial charge on any atom is -0.380 e. The second kappa shape index (κ2) is 10.2. The molecule has 5 nitrogen and oxygen atoms in total. The first-order valence-corrected chi connectivity index (χ1v) is 8.42. The van der Waals surface area contributed by atoms with Gasteiger partial charge in [0.2, 0.25) is 0 Å². The van der Waals surface area contributed by atoms with Crippen molar-refractivity contribution in [2.75, 3.05) is 32.1 Å².